The van der Waals surface area contributed by atoms with Crippen LogP contribution in [0.5, 0.6) is 0 Å². The van der Waals surface area contributed by atoms with Crippen molar-refractivity contribution in [3.63, 3.8) is 0 Å². The fraction of sp³-hybridized carbons (Fsp3) is 0.0118. The van der Waals surface area contributed by atoms with Gasteiger partial charge in [-0.05, 0) is 0 Å². The Balaban J connectivity index is 0.741. The number of hydrogen-bond donors (Lipinski definition) is 0. The van der Waals surface area contributed by atoms with Gasteiger partial charge in [0, 0.05) is 0 Å². The van der Waals surface area contributed by atoms with Gasteiger partial charge in [-0.1, -0.05) is 0 Å². The molecule has 90 heavy (non-hydrogen) atoms. The summed E-state index contributed by atoms with van der Waals surface area (Å²) in [6.45, 7) is 0. The van der Waals surface area contributed by atoms with Crippen molar-refractivity contribution in [1.82, 2.24) is 9.13 Å². The molecule has 0 saturated carbocycles. The van der Waals surface area contributed by atoms with E-state index in [9.17, 15) is 0 Å². The van der Waals surface area contributed by atoms with Crippen LogP contribution in [0.3, 0.4) is 0 Å². The molecule has 422 valence electrons. The Morgan fingerprint density at radius 2 is 0.611 bits per heavy atom. The molecule has 4 heterocycles. The van der Waals surface area contributed by atoms with Gasteiger partial charge in [-0.25, -0.2) is 0 Å². The first kappa shape index (κ1) is 53.0. The summed E-state index contributed by atoms with van der Waals surface area (Å²) in [5, 5.41) is 16.5. The maximum atomic E-state index is 2.50. The summed E-state index contributed by atoms with van der Waals surface area (Å²) >= 11 is 0.150. The molecule has 2 nitrogen and oxygen atoms in total. The number of nitrogens with zero attached hydrogens (tertiary/aromatic N) is 2. The molecule has 0 atom stereocenters. The van der Waals surface area contributed by atoms with E-state index in [1.807, 2.05) is 0 Å². The van der Waals surface area contributed by atoms with Crippen LogP contribution < -0.4 is 20.7 Å². The van der Waals surface area contributed by atoms with Crippen LogP contribution in [0, 0.1) is 0 Å². The number of benzene rings is 14. The summed E-state index contributed by atoms with van der Waals surface area (Å²) < 4.78 is 10.8. The van der Waals surface area contributed by atoms with Crippen molar-refractivity contribution in [3.05, 3.63) is 362 Å². The van der Waals surface area contributed by atoms with Gasteiger partial charge in [0.2, 0.25) is 0 Å². The van der Waals surface area contributed by atoms with Crippen LogP contribution in [0.25, 0.3) is 105 Å². The van der Waals surface area contributed by atoms with Crippen molar-refractivity contribution in [2.24, 2.45) is 0 Å². The van der Waals surface area contributed by atoms with E-state index in [-0.39, 0.29) is 29.0 Å². The molecule has 18 rings (SSSR count). The molecule has 0 fully saturated rings. The molecule has 0 aliphatic rings. The third kappa shape index (κ3) is 7.88. The molecule has 0 saturated heterocycles. The molecule has 0 bridgehead atoms. The number of rotatable bonds is 11. The summed E-state index contributed by atoms with van der Waals surface area (Å²) in [7, 11) is -2.77. The minimum absolute atomic E-state index is 0.0584. The Kier molecular flexibility index (Phi) is 12.6. The van der Waals surface area contributed by atoms with Gasteiger partial charge in [-0.2, -0.15) is 0 Å². The third-order valence-corrected chi connectivity index (χ3v) is 29.5. The Labute approximate surface area is 534 Å². The SMILES string of the molecule is c1ccc(C(c2ccccc2)(c2ccccc2)c2cccc3c2[se]c2ccc4c(c5ccccc5n4-c4ccc(-c5ccc(-n6c7ccccc7c7c8c(ccc76)[se]c6c([Si](c7ccccc7)(c7ccccc7)c7ccccc7)cccc68)cc5)cc4)c23)cc1. The Hall–Kier alpha value is -10.1. The van der Waals surface area contributed by atoms with Crippen molar-refractivity contribution in [2.75, 3.05) is 0 Å². The summed E-state index contributed by atoms with van der Waals surface area (Å²) in [6.07, 6.45) is 0. The maximum absolute atomic E-state index is 2.77. The zero-order chi connectivity index (χ0) is 59.3. The van der Waals surface area contributed by atoms with Gasteiger partial charge >= 0.3 is 539 Å². The van der Waals surface area contributed by atoms with Crippen LogP contribution >= 0.6 is 0 Å². The second kappa shape index (κ2) is 21.3. The van der Waals surface area contributed by atoms with Crippen molar-refractivity contribution in [2.45, 2.75) is 5.41 Å². The fourth-order valence-corrected chi connectivity index (χ4v) is 26.6. The van der Waals surface area contributed by atoms with Crippen LogP contribution in [-0.2, 0) is 5.41 Å². The van der Waals surface area contributed by atoms with Crippen LogP contribution in [-0.4, -0.2) is 46.2 Å². The molecule has 0 unspecified atom stereocenters. The molecule has 4 aromatic heterocycles. The summed E-state index contributed by atoms with van der Waals surface area (Å²) in [4.78, 5) is 0. The van der Waals surface area contributed by atoms with Crippen molar-refractivity contribution >= 4 is 140 Å². The van der Waals surface area contributed by atoms with Gasteiger partial charge in [0.25, 0.3) is 0 Å². The molecule has 0 aliphatic heterocycles. The molecule has 14 aromatic carbocycles. The monoisotopic (exact) mass is 1290 g/mol. The average Bonchev–Trinajstić information content (AvgIpc) is 1.40. The molecule has 5 heteroatoms. The topological polar surface area (TPSA) is 9.86 Å². The fourth-order valence-electron chi connectivity index (χ4n) is 15.5. The first-order valence-corrected chi connectivity index (χ1v) is 36.4. The van der Waals surface area contributed by atoms with E-state index < -0.39 is 13.5 Å². The first-order chi connectivity index (χ1) is 44.7. The van der Waals surface area contributed by atoms with E-state index in [1.54, 1.807) is 0 Å². The zero-order valence-electron chi connectivity index (χ0n) is 49.0. The van der Waals surface area contributed by atoms with Gasteiger partial charge in [0.1, 0.15) is 0 Å². The normalized spacial score (nSPS) is 12.2. The van der Waals surface area contributed by atoms with E-state index in [1.165, 1.54) is 136 Å². The predicted molar refractivity (Wildman–Crippen MR) is 386 cm³/mol. The third-order valence-electron chi connectivity index (χ3n) is 19.2. The molecular formula is C85H56N2Se2Si. The van der Waals surface area contributed by atoms with Crippen LogP contribution in [0.1, 0.15) is 22.3 Å². The zero-order valence-corrected chi connectivity index (χ0v) is 53.5. The second-order valence-corrected chi connectivity index (χ2v) is 31.9. The van der Waals surface area contributed by atoms with E-state index >= 15 is 0 Å². The van der Waals surface area contributed by atoms with E-state index in [0.717, 1.165) is 11.4 Å². The molecule has 0 N–H and O–H groups in total. The Morgan fingerprint density at radius 3 is 1.04 bits per heavy atom. The first-order valence-electron chi connectivity index (χ1n) is 31.0. The average molecular weight is 1290 g/mol. The van der Waals surface area contributed by atoms with Gasteiger partial charge in [0.05, 0.1) is 0 Å². The van der Waals surface area contributed by atoms with Crippen LogP contribution in [0.2, 0.25) is 0 Å². The van der Waals surface area contributed by atoms with Gasteiger partial charge in [-0.3, -0.25) is 0 Å². The molecule has 0 aliphatic carbocycles. The van der Waals surface area contributed by atoms with E-state index in [4.69, 9.17) is 0 Å². The van der Waals surface area contributed by atoms with Crippen molar-refractivity contribution < 1.29 is 0 Å². The van der Waals surface area contributed by atoms with Gasteiger partial charge in [-0.15, -0.1) is 0 Å². The number of fused-ring (bicyclic) bond motifs is 14. The number of hydrogen-bond acceptors (Lipinski definition) is 0. The van der Waals surface area contributed by atoms with E-state index in [0.29, 0.717) is 0 Å². The summed E-state index contributed by atoms with van der Waals surface area (Å²) in [5.74, 6) is 0. The summed E-state index contributed by atoms with van der Waals surface area (Å²) in [6, 6.07) is 128. The Morgan fingerprint density at radius 1 is 0.256 bits per heavy atom. The molecule has 0 amide bonds. The number of para-hydroxylation sites is 2. The van der Waals surface area contributed by atoms with Crippen molar-refractivity contribution in [3.8, 4) is 22.5 Å². The predicted octanol–water partition coefficient (Wildman–Crippen LogP) is 18.0. The quantitative estimate of drug-likeness (QED) is 0.0902. The number of aromatic nitrogens is 2. The minimum atomic E-state index is -2.77. The van der Waals surface area contributed by atoms with Gasteiger partial charge < -0.3 is 0 Å². The van der Waals surface area contributed by atoms with Crippen LogP contribution in [0.4, 0.5) is 0 Å². The van der Waals surface area contributed by atoms with Crippen LogP contribution in [0.15, 0.2) is 340 Å². The molecule has 0 spiro atoms. The molecular weight excluding hydrogens is 1230 g/mol. The standard InChI is InChI=1S/C85H56N2Se2Si/c1-7-25-59(26-8-1)85(60-27-9-2-10-28-60,61-29-11-3-12-30-61)71-41-23-39-69-81-76(88-83(69)71)55-53-74-79(81)67-37-19-21-42-72(67)86(74)62-49-45-57(46-50-62)58-47-51-63(52-48-58)87-73-43-22-20-38-68(73)80-75(87)54-56-77-82(80)70-40-24-44-78(84(70)89-77)90(64-31-13-4-14-32-64,65-33-15-5-16-34-65)66-35-17-6-18-36-66/h1-56H. The van der Waals surface area contributed by atoms with Crippen molar-refractivity contribution in [1.29, 1.82) is 0 Å². The molecule has 18 aromatic rings. The summed E-state index contributed by atoms with van der Waals surface area (Å²) in [5.41, 5.74) is 14.2. The Bertz CT molecular complexity index is 5180. The second-order valence-electron chi connectivity index (χ2n) is 23.7. The van der Waals surface area contributed by atoms with Gasteiger partial charge in [0.15, 0.2) is 0 Å². The van der Waals surface area contributed by atoms with E-state index in [2.05, 4.69) is 349 Å². The molecule has 0 radical (unpaired) electrons.